The van der Waals surface area contributed by atoms with Crippen LogP contribution >= 0.6 is 0 Å². The Balaban J connectivity index is 2.75. The van der Waals surface area contributed by atoms with Gasteiger partial charge in [-0.15, -0.1) is 6.58 Å². The molecule has 1 rings (SSSR count). The molecule has 0 radical (unpaired) electrons. The molecule has 1 fully saturated rings. The first-order chi connectivity index (χ1) is 9.17. The van der Waals surface area contributed by atoms with Crippen molar-refractivity contribution in [3.63, 3.8) is 0 Å². The monoisotopic (exact) mass is 281 g/mol. The fourth-order valence-corrected chi connectivity index (χ4v) is 2.18. The standard InChI is InChI=1S/C16H27NO3/c1-7-8-9-10-11-13-12-19-16(5,6)17(13)14(18)20-15(2,3)4/h7,9-10,13H,1,8,11-12H2,2-6H3/b10-9-/t13-/m1/s1. The van der Waals surface area contributed by atoms with Crippen molar-refractivity contribution in [2.75, 3.05) is 6.61 Å². The quantitative estimate of drug-likeness (QED) is 0.734. The van der Waals surface area contributed by atoms with E-state index < -0.39 is 11.3 Å². The van der Waals surface area contributed by atoms with Crippen LogP contribution in [0.25, 0.3) is 0 Å². The summed E-state index contributed by atoms with van der Waals surface area (Å²) in [5, 5.41) is 0. The number of hydrogen-bond acceptors (Lipinski definition) is 3. The molecule has 1 aliphatic rings. The van der Waals surface area contributed by atoms with E-state index in [0.717, 1.165) is 12.8 Å². The highest BCUT2D eigenvalue weighted by atomic mass is 16.6. The summed E-state index contributed by atoms with van der Waals surface area (Å²) in [5.74, 6) is 0. The van der Waals surface area contributed by atoms with Crippen LogP contribution in [0.5, 0.6) is 0 Å². The Morgan fingerprint density at radius 3 is 2.65 bits per heavy atom. The number of carbonyl (C=O) groups excluding carboxylic acids is 1. The van der Waals surface area contributed by atoms with E-state index in [9.17, 15) is 4.79 Å². The molecule has 0 aromatic heterocycles. The zero-order chi connectivity index (χ0) is 15.4. The van der Waals surface area contributed by atoms with Gasteiger partial charge in [0.1, 0.15) is 11.3 Å². The third-order valence-electron chi connectivity index (χ3n) is 3.04. The van der Waals surface area contributed by atoms with Crippen molar-refractivity contribution in [1.29, 1.82) is 0 Å². The minimum absolute atomic E-state index is 0.0147. The summed E-state index contributed by atoms with van der Waals surface area (Å²) >= 11 is 0. The maximum Gasteiger partial charge on any atom is 0.412 e. The molecule has 0 aromatic rings. The van der Waals surface area contributed by atoms with E-state index in [1.807, 2.05) is 46.8 Å². The zero-order valence-electron chi connectivity index (χ0n) is 13.3. The molecule has 4 nitrogen and oxygen atoms in total. The fraction of sp³-hybridized carbons (Fsp3) is 0.688. The first kappa shape index (κ1) is 16.8. The predicted molar refractivity (Wildman–Crippen MR) is 80.5 cm³/mol. The van der Waals surface area contributed by atoms with Crippen molar-refractivity contribution in [3.8, 4) is 0 Å². The molecular formula is C16H27NO3. The van der Waals surface area contributed by atoms with Crippen molar-refractivity contribution in [2.24, 2.45) is 0 Å². The molecule has 0 saturated carbocycles. The maximum absolute atomic E-state index is 12.4. The van der Waals surface area contributed by atoms with Crippen LogP contribution < -0.4 is 0 Å². The number of hydrogen-bond donors (Lipinski definition) is 0. The molecule has 0 unspecified atom stereocenters. The average Bonchev–Trinajstić information content (AvgIpc) is 2.58. The molecule has 1 amide bonds. The van der Waals surface area contributed by atoms with Gasteiger partial charge in [-0.2, -0.15) is 0 Å². The number of ether oxygens (including phenoxy) is 2. The molecule has 1 heterocycles. The summed E-state index contributed by atoms with van der Waals surface area (Å²) in [6.45, 7) is 13.6. The van der Waals surface area contributed by atoms with E-state index in [0.29, 0.717) is 6.61 Å². The van der Waals surface area contributed by atoms with Crippen molar-refractivity contribution in [1.82, 2.24) is 4.90 Å². The lowest BCUT2D eigenvalue weighted by atomic mass is 10.1. The van der Waals surface area contributed by atoms with Crippen LogP contribution in [0.3, 0.4) is 0 Å². The molecule has 0 aliphatic carbocycles. The number of amides is 1. The van der Waals surface area contributed by atoms with E-state index in [-0.39, 0.29) is 12.1 Å². The Hall–Kier alpha value is -1.29. The van der Waals surface area contributed by atoms with E-state index in [2.05, 4.69) is 12.7 Å². The number of nitrogens with zero attached hydrogens (tertiary/aromatic N) is 1. The summed E-state index contributed by atoms with van der Waals surface area (Å²) in [6, 6.07) is 0.0147. The van der Waals surface area contributed by atoms with Crippen LogP contribution in [-0.2, 0) is 9.47 Å². The van der Waals surface area contributed by atoms with Crippen LogP contribution in [0.2, 0.25) is 0 Å². The van der Waals surface area contributed by atoms with Gasteiger partial charge in [0.05, 0.1) is 12.6 Å². The Bertz CT molecular complexity index is 380. The normalized spacial score (nSPS) is 22.2. The Kier molecular flexibility index (Phi) is 5.40. The second-order valence-electron chi connectivity index (χ2n) is 6.49. The lowest BCUT2D eigenvalue weighted by Gasteiger charge is -2.34. The minimum Gasteiger partial charge on any atom is -0.444 e. The van der Waals surface area contributed by atoms with E-state index in [1.54, 1.807) is 4.90 Å². The maximum atomic E-state index is 12.4. The number of carbonyl (C=O) groups is 1. The average molecular weight is 281 g/mol. The highest BCUT2D eigenvalue weighted by molar-refractivity contribution is 5.69. The van der Waals surface area contributed by atoms with Gasteiger partial charge in [0.2, 0.25) is 0 Å². The second-order valence-corrected chi connectivity index (χ2v) is 6.49. The van der Waals surface area contributed by atoms with Gasteiger partial charge in [-0.05, 0) is 47.5 Å². The Morgan fingerprint density at radius 2 is 2.10 bits per heavy atom. The Morgan fingerprint density at radius 1 is 1.45 bits per heavy atom. The summed E-state index contributed by atoms with van der Waals surface area (Å²) < 4.78 is 11.2. The SMILES string of the molecule is C=CC/C=C\C[C@@H]1COC(C)(C)N1C(=O)OC(C)(C)C. The molecule has 0 bridgehead atoms. The van der Waals surface area contributed by atoms with Gasteiger partial charge in [0, 0.05) is 0 Å². The van der Waals surface area contributed by atoms with Crippen LogP contribution in [-0.4, -0.2) is 35.0 Å². The van der Waals surface area contributed by atoms with Gasteiger partial charge in [-0.25, -0.2) is 4.79 Å². The molecule has 1 saturated heterocycles. The third-order valence-corrected chi connectivity index (χ3v) is 3.04. The van der Waals surface area contributed by atoms with Gasteiger partial charge >= 0.3 is 6.09 Å². The predicted octanol–water partition coefficient (Wildman–Crippen LogP) is 3.88. The molecule has 1 aliphatic heterocycles. The Labute approximate surface area is 122 Å². The highest BCUT2D eigenvalue weighted by Crippen LogP contribution is 2.30. The van der Waals surface area contributed by atoms with E-state index >= 15 is 0 Å². The molecule has 20 heavy (non-hydrogen) atoms. The van der Waals surface area contributed by atoms with E-state index in [4.69, 9.17) is 9.47 Å². The van der Waals surface area contributed by atoms with Crippen molar-refractivity contribution >= 4 is 6.09 Å². The number of rotatable bonds is 4. The van der Waals surface area contributed by atoms with Crippen LogP contribution in [0.15, 0.2) is 24.8 Å². The summed E-state index contributed by atoms with van der Waals surface area (Å²) in [5.41, 5.74) is -1.13. The zero-order valence-corrected chi connectivity index (χ0v) is 13.3. The summed E-state index contributed by atoms with van der Waals surface area (Å²) in [4.78, 5) is 14.1. The molecular weight excluding hydrogens is 254 g/mol. The number of allylic oxidation sites excluding steroid dienone is 2. The van der Waals surface area contributed by atoms with Gasteiger partial charge in [-0.1, -0.05) is 18.2 Å². The molecule has 0 aromatic carbocycles. The lowest BCUT2D eigenvalue weighted by Crippen LogP contribution is -2.49. The van der Waals surface area contributed by atoms with Crippen LogP contribution in [0.4, 0.5) is 4.79 Å². The van der Waals surface area contributed by atoms with Crippen molar-refractivity contribution in [2.45, 2.75) is 64.8 Å². The third kappa shape index (κ3) is 4.67. The van der Waals surface area contributed by atoms with Gasteiger partial charge < -0.3 is 9.47 Å². The van der Waals surface area contributed by atoms with Crippen LogP contribution in [0, 0.1) is 0 Å². The minimum atomic E-state index is -0.626. The van der Waals surface area contributed by atoms with Crippen LogP contribution in [0.1, 0.15) is 47.5 Å². The first-order valence-corrected chi connectivity index (χ1v) is 7.09. The largest absolute Gasteiger partial charge is 0.444 e. The lowest BCUT2D eigenvalue weighted by molar-refractivity contribution is -0.0623. The smallest absolute Gasteiger partial charge is 0.412 e. The molecule has 4 heteroatoms. The van der Waals surface area contributed by atoms with Crippen molar-refractivity contribution < 1.29 is 14.3 Å². The summed E-state index contributed by atoms with van der Waals surface area (Å²) in [7, 11) is 0. The van der Waals surface area contributed by atoms with Gasteiger partial charge in [0.25, 0.3) is 0 Å². The highest BCUT2D eigenvalue weighted by Gasteiger charge is 2.45. The molecule has 0 N–H and O–H groups in total. The van der Waals surface area contributed by atoms with E-state index in [1.165, 1.54) is 0 Å². The topological polar surface area (TPSA) is 38.8 Å². The molecule has 0 spiro atoms. The van der Waals surface area contributed by atoms with Gasteiger partial charge in [0.15, 0.2) is 0 Å². The first-order valence-electron chi connectivity index (χ1n) is 7.09. The second kappa shape index (κ2) is 6.44. The molecule has 114 valence electrons. The summed E-state index contributed by atoms with van der Waals surface area (Å²) in [6.07, 6.45) is 7.24. The van der Waals surface area contributed by atoms with Gasteiger partial charge in [-0.3, -0.25) is 4.90 Å². The fourth-order valence-electron chi connectivity index (χ4n) is 2.18. The van der Waals surface area contributed by atoms with Crippen molar-refractivity contribution in [3.05, 3.63) is 24.8 Å². The molecule has 1 atom stereocenters.